The third-order valence-electron chi connectivity index (χ3n) is 2.94. The van der Waals surface area contributed by atoms with E-state index in [9.17, 15) is 4.79 Å². The predicted molar refractivity (Wildman–Crippen MR) is 85.2 cm³/mol. The molecule has 1 heterocycles. The maximum absolute atomic E-state index is 11.8. The first kappa shape index (κ1) is 15.1. The van der Waals surface area contributed by atoms with Crippen molar-refractivity contribution in [1.29, 1.82) is 0 Å². The zero-order valence-electron chi connectivity index (χ0n) is 11.2. The highest BCUT2D eigenvalue weighted by Gasteiger charge is 2.05. The Labute approximate surface area is 131 Å². The topological polar surface area (TPSA) is 38.3 Å². The lowest BCUT2D eigenvalue weighted by atomic mass is 10.1. The zero-order valence-corrected chi connectivity index (χ0v) is 13.6. The van der Waals surface area contributed by atoms with Gasteiger partial charge in [-0.1, -0.05) is 12.1 Å². The Bertz CT molecular complexity index is 566. The highest BCUT2D eigenvalue weighted by Crippen LogP contribution is 2.22. The molecule has 1 aromatic carbocycles. The summed E-state index contributed by atoms with van der Waals surface area (Å²) in [4.78, 5) is 12.9. The molecule has 20 heavy (non-hydrogen) atoms. The second-order valence-electron chi connectivity index (χ2n) is 4.32. The third-order valence-corrected chi connectivity index (χ3v) is 4.86. The number of halogens is 1. The van der Waals surface area contributed by atoms with Gasteiger partial charge in [0.2, 0.25) is 5.91 Å². The van der Waals surface area contributed by atoms with Gasteiger partial charge < -0.3 is 10.1 Å². The van der Waals surface area contributed by atoms with Gasteiger partial charge in [0.1, 0.15) is 5.75 Å². The van der Waals surface area contributed by atoms with Crippen LogP contribution in [-0.2, 0) is 17.8 Å². The monoisotopic (exact) mass is 353 g/mol. The van der Waals surface area contributed by atoms with E-state index in [1.54, 1.807) is 18.4 Å². The lowest BCUT2D eigenvalue weighted by molar-refractivity contribution is -0.121. The number of nitrogens with one attached hydrogen (secondary N) is 1. The van der Waals surface area contributed by atoms with E-state index in [2.05, 4.69) is 21.2 Å². The minimum absolute atomic E-state index is 0.0705. The van der Waals surface area contributed by atoms with Gasteiger partial charge in [0.15, 0.2) is 0 Å². The molecule has 0 saturated heterocycles. The summed E-state index contributed by atoms with van der Waals surface area (Å²) in [5.41, 5.74) is 1.14. The first-order valence-electron chi connectivity index (χ1n) is 6.30. The Hall–Kier alpha value is -1.33. The Morgan fingerprint density at radius 3 is 2.65 bits per heavy atom. The molecule has 2 rings (SSSR count). The van der Waals surface area contributed by atoms with Crippen molar-refractivity contribution in [2.24, 2.45) is 0 Å². The van der Waals surface area contributed by atoms with E-state index in [-0.39, 0.29) is 5.91 Å². The van der Waals surface area contributed by atoms with Crippen LogP contribution in [0.3, 0.4) is 0 Å². The number of aryl methyl sites for hydroxylation is 1. The van der Waals surface area contributed by atoms with Crippen LogP contribution in [0.25, 0.3) is 0 Å². The van der Waals surface area contributed by atoms with Crippen molar-refractivity contribution in [2.45, 2.75) is 19.4 Å². The number of benzene rings is 1. The summed E-state index contributed by atoms with van der Waals surface area (Å²) in [6.07, 6.45) is 1.23. The molecule has 5 heteroatoms. The second kappa shape index (κ2) is 7.45. The normalized spacial score (nSPS) is 10.3. The Morgan fingerprint density at radius 2 is 2.05 bits per heavy atom. The van der Waals surface area contributed by atoms with Crippen molar-refractivity contribution in [3.05, 3.63) is 50.6 Å². The number of hydrogen-bond donors (Lipinski definition) is 1. The molecule has 0 unspecified atom stereocenters. The highest BCUT2D eigenvalue weighted by atomic mass is 79.9. The minimum atomic E-state index is 0.0705. The second-order valence-corrected chi connectivity index (χ2v) is 6.17. The molecule has 0 aliphatic heterocycles. The maximum atomic E-state index is 11.8. The first-order chi connectivity index (χ1) is 9.69. The predicted octanol–water partition coefficient (Wildman–Crippen LogP) is 3.77. The molecular formula is C15H16BrNO2S. The standard InChI is InChI=1S/C15H16BrNO2S/c1-19-12-5-2-11(3-6-12)4-7-15(18)17-10-14-13(16)8-9-20-14/h2-3,5-6,8-9H,4,7,10H2,1H3,(H,17,18). The van der Waals surface area contributed by atoms with Gasteiger partial charge >= 0.3 is 0 Å². The molecule has 1 aromatic heterocycles. The summed E-state index contributed by atoms with van der Waals surface area (Å²) in [7, 11) is 1.64. The largest absolute Gasteiger partial charge is 0.497 e. The number of hydrogen-bond acceptors (Lipinski definition) is 3. The molecule has 3 nitrogen and oxygen atoms in total. The minimum Gasteiger partial charge on any atom is -0.497 e. The van der Waals surface area contributed by atoms with Crippen LogP contribution in [0.2, 0.25) is 0 Å². The lowest BCUT2D eigenvalue weighted by Crippen LogP contribution is -2.22. The van der Waals surface area contributed by atoms with Crippen molar-refractivity contribution in [2.75, 3.05) is 7.11 Å². The number of ether oxygens (including phenoxy) is 1. The fourth-order valence-electron chi connectivity index (χ4n) is 1.77. The van der Waals surface area contributed by atoms with Gasteiger partial charge in [-0.3, -0.25) is 4.79 Å². The number of carbonyl (C=O) groups is 1. The van der Waals surface area contributed by atoms with Crippen LogP contribution in [0.4, 0.5) is 0 Å². The van der Waals surface area contributed by atoms with E-state index < -0.39 is 0 Å². The van der Waals surface area contributed by atoms with E-state index in [0.29, 0.717) is 13.0 Å². The van der Waals surface area contributed by atoms with Crippen molar-refractivity contribution >= 4 is 33.2 Å². The van der Waals surface area contributed by atoms with E-state index >= 15 is 0 Å². The van der Waals surface area contributed by atoms with Crippen LogP contribution in [-0.4, -0.2) is 13.0 Å². The van der Waals surface area contributed by atoms with E-state index in [1.165, 1.54) is 0 Å². The summed E-state index contributed by atoms with van der Waals surface area (Å²) >= 11 is 5.09. The number of rotatable bonds is 6. The van der Waals surface area contributed by atoms with Crippen LogP contribution in [0.5, 0.6) is 5.75 Å². The van der Waals surface area contributed by atoms with E-state index in [1.807, 2.05) is 35.7 Å². The van der Waals surface area contributed by atoms with Gasteiger partial charge in [-0.05, 0) is 51.5 Å². The summed E-state index contributed by atoms with van der Waals surface area (Å²) < 4.78 is 6.16. The zero-order chi connectivity index (χ0) is 14.4. The molecule has 0 aliphatic rings. The summed E-state index contributed by atoms with van der Waals surface area (Å²) in [5.74, 6) is 0.905. The maximum Gasteiger partial charge on any atom is 0.220 e. The van der Waals surface area contributed by atoms with Crippen LogP contribution in [0.15, 0.2) is 40.2 Å². The summed E-state index contributed by atoms with van der Waals surface area (Å²) in [5, 5.41) is 4.94. The van der Waals surface area contributed by atoms with Crippen LogP contribution < -0.4 is 10.1 Å². The molecule has 0 fully saturated rings. The molecule has 0 bridgehead atoms. The van der Waals surface area contributed by atoms with Gasteiger partial charge in [-0.2, -0.15) is 0 Å². The fourth-order valence-corrected chi connectivity index (χ4v) is 3.20. The molecule has 1 N–H and O–H groups in total. The average molecular weight is 354 g/mol. The fraction of sp³-hybridized carbons (Fsp3) is 0.267. The highest BCUT2D eigenvalue weighted by molar-refractivity contribution is 9.10. The van der Waals surface area contributed by atoms with Crippen molar-refractivity contribution < 1.29 is 9.53 Å². The smallest absolute Gasteiger partial charge is 0.220 e. The molecule has 106 valence electrons. The van der Waals surface area contributed by atoms with Crippen molar-refractivity contribution in [3.8, 4) is 5.75 Å². The number of amides is 1. The summed E-state index contributed by atoms with van der Waals surface area (Å²) in [6.45, 7) is 0.583. The lowest BCUT2D eigenvalue weighted by Gasteiger charge is -2.05. The number of carbonyl (C=O) groups excluding carboxylic acids is 1. The molecule has 0 atom stereocenters. The van der Waals surface area contributed by atoms with Crippen molar-refractivity contribution in [1.82, 2.24) is 5.32 Å². The number of thiophene rings is 1. The molecule has 2 aromatic rings. The van der Waals surface area contributed by atoms with Crippen molar-refractivity contribution in [3.63, 3.8) is 0 Å². The Kier molecular flexibility index (Phi) is 5.61. The van der Waals surface area contributed by atoms with E-state index in [4.69, 9.17) is 4.74 Å². The Morgan fingerprint density at radius 1 is 1.30 bits per heavy atom. The third kappa shape index (κ3) is 4.35. The molecule has 0 aliphatic carbocycles. The molecule has 0 spiro atoms. The van der Waals surface area contributed by atoms with Gasteiger partial charge in [0, 0.05) is 15.8 Å². The van der Waals surface area contributed by atoms with Gasteiger partial charge in [-0.25, -0.2) is 0 Å². The Balaban J connectivity index is 1.75. The van der Waals surface area contributed by atoms with Crippen LogP contribution >= 0.6 is 27.3 Å². The summed E-state index contributed by atoms with van der Waals surface area (Å²) in [6, 6.07) is 9.79. The van der Waals surface area contributed by atoms with Gasteiger partial charge in [0.05, 0.1) is 13.7 Å². The molecule has 1 amide bonds. The van der Waals surface area contributed by atoms with Gasteiger partial charge in [-0.15, -0.1) is 11.3 Å². The van der Waals surface area contributed by atoms with E-state index in [0.717, 1.165) is 27.1 Å². The average Bonchev–Trinajstić information content (AvgIpc) is 2.89. The van der Waals surface area contributed by atoms with Gasteiger partial charge in [0.25, 0.3) is 0 Å². The SMILES string of the molecule is COc1ccc(CCC(=O)NCc2sccc2Br)cc1. The molecule has 0 saturated carbocycles. The van der Waals surface area contributed by atoms with Crippen LogP contribution in [0.1, 0.15) is 16.9 Å². The molecular weight excluding hydrogens is 338 g/mol. The van der Waals surface area contributed by atoms with Crippen LogP contribution in [0, 0.1) is 0 Å². The quantitative estimate of drug-likeness (QED) is 0.858. The molecule has 0 radical (unpaired) electrons. The first-order valence-corrected chi connectivity index (χ1v) is 7.98. The number of methoxy groups -OCH3 is 1.